The summed E-state index contributed by atoms with van der Waals surface area (Å²) in [6, 6.07) is 11.1. The molecular formula is C39H52N6O6S. The highest BCUT2D eigenvalue weighted by molar-refractivity contribution is 7.92. The van der Waals surface area contributed by atoms with Gasteiger partial charge in [0.25, 0.3) is 10.0 Å². The van der Waals surface area contributed by atoms with Gasteiger partial charge in [-0.15, -0.1) is 0 Å². The summed E-state index contributed by atoms with van der Waals surface area (Å²) in [6.45, 7) is 19.2. The van der Waals surface area contributed by atoms with E-state index in [1.165, 1.54) is 18.2 Å². The highest BCUT2D eigenvalue weighted by Crippen LogP contribution is 2.35. The first kappa shape index (κ1) is 40.2. The van der Waals surface area contributed by atoms with Crippen LogP contribution < -0.4 is 19.5 Å². The highest BCUT2D eigenvalue weighted by Gasteiger charge is 2.25. The van der Waals surface area contributed by atoms with Crippen LogP contribution in [0, 0.1) is 25.2 Å². The van der Waals surface area contributed by atoms with E-state index in [2.05, 4.69) is 65.7 Å². The fraction of sp³-hybridized carbons (Fsp3) is 0.462. The quantitative estimate of drug-likeness (QED) is 0.0990. The zero-order valence-corrected chi connectivity index (χ0v) is 32.5. The van der Waals surface area contributed by atoms with Crippen molar-refractivity contribution in [2.75, 3.05) is 11.3 Å². The van der Waals surface area contributed by atoms with Gasteiger partial charge < -0.3 is 19.9 Å². The lowest BCUT2D eigenvalue weighted by Gasteiger charge is -2.27. The number of hydrogen-bond donors (Lipinski definition) is 3. The first-order valence-electron chi connectivity index (χ1n) is 17.6. The maximum Gasteiger partial charge on any atom is 0.335 e. The summed E-state index contributed by atoms with van der Waals surface area (Å²) in [5, 5.41) is 13.0. The Morgan fingerprint density at radius 3 is 2.31 bits per heavy atom. The summed E-state index contributed by atoms with van der Waals surface area (Å²) in [5.74, 6) is 0.487. The Morgan fingerprint density at radius 1 is 0.981 bits per heavy atom. The van der Waals surface area contributed by atoms with Crippen molar-refractivity contribution in [1.29, 1.82) is 0 Å². The fourth-order valence-corrected chi connectivity index (χ4v) is 6.72. The van der Waals surface area contributed by atoms with Gasteiger partial charge in [-0.25, -0.2) is 32.9 Å². The van der Waals surface area contributed by atoms with E-state index < -0.39 is 16.0 Å². The molecule has 0 bridgehead atoms. The number of carboxylic acid groups (broad SMARTS) is 1. The van der Waals surface area contributed by atoms with Crippen LogP contribution in [0.4, 0.5) is 5.95 Å². The molecule has 0 fully saturated rings. The average Bonchev–Trinajstić information content (AvgIpc) is 3.06. The van der Waals surface area contributed by atoms with Crippen LogP contribution in [0.5, 0.6) is 11.6 Å². The smallest absolute Gasteiger partial charge is 0.335 e. The third-order valence-electron chi connectivity index (χ3n) is 8.19. The van der Waals surface area contributed by atoms with Crippen LogP contribution in [0.15, 0.2) is 59.8 Å². The highest BCUT2D eigenvalue weighted by atomic mass is 32.2. The summed E-state index contributed by atoms with van der Waals surface area (Å²) in [5.41, 5.74) is 3.96. The average molecular weight is 733 g/mol. The Bertz CT molecular complexity index is 1940. The molecule has 280 valence electrons. The van der Waals surface area contributed by atoms with Crippen molar-refractivity contribution in [2.24, 2.45) is 11.3 Å². The standard InChI is InChI=1S/C39H52N6O6S/c1-24(2)16-17-28-13-10-12-26(5)34(28)35-27(6)36(44-38(43-35)45-52(48,49)32-15-11-14-29(18-32)37(46)47)50-23-30(19-39(7,8)9)40-22-33-41-20-31(21-42-33)51-25(3)4/h10-15,18,20-21,24-25,30,40H,16-17,19,22-23H2,1-9H3,(H,46,47)(H,43,44,45). The van der Waals surface area contributed by atoms with Gasteiger partial charge in [0.05, 0.1) is 41.2 Å². The molecule has 0 aliphatic carbocycles. The molecule has 52 heavy (non-hydrogen) atoms. The number of nitrogens with one attached hydrogen (secondary N) is 2. The normalized spacial score (nSPS) is 12.6. The Kier molecular flexibility index (Phi) is 13.3. The number of sulfonamides is 1. The van der Waals surface area contributed by atoms with E-state index in [-0.39, 0.29) is 46.5 Å². The van der Waals surface area contributed by atoms with E-state index in [0.29, 0.717) is 35.3 Å². The number of nitrogens with zero attached hydrogens (tertiary/aromatic N) is 4. The summed E-state index contributed by atoms with van der Waals surface area (Å²) in [4.78, 5) is 29.6. The number of carboxylic acids is 1. The van der Waals surface area contributed by atoms with Gasteiger partial charge in [-0.3, -0.25) is 0 Å². The molecule has 1 atom stereocenters. The molecule has 12 nitrogen and oxygen atoms in total. The molecule has 3 N–H and O–H groups in total. The molecule has 2 aromatic heterocycles. The lowest BCUT2D eigenvalue weighted by atomic mass is 9.88. The van der Waals surface area contributed by atoms with Crippen molar-refractivity contribution in [3.05, 3.63) is 82.9 Å². The molecular weight excluding hydrogens is 681 g/mol. The molecule has 2 aromatic carbocycles. The van der Waals surface area contributed by atoms with Crippen molar-refractivity contribution in [2.45, 2.75) is 105 Å². The van der Waals surface area contributed by atoms with Crippen LogP contribution in [0.1, 0.15) is 94.2 Å². The zero-order valence-electron chi connectivity index (χ0n) is 31.6. The predicted octanol–water partition coefficient (Wildman–Crippen LogP) is 7.40. The van der Waals surface area contributed by atoms with E-state index in [1.807, 2.05) is 39.8 Å². The number of hydrogen-bond acceptors (Lipinski definition) is 10. The second kappa shape index (κ2) is 17.3. The van der Waals surface area contributed by atoms with E-state index in [1.54, 1.807) is 12.4 Å². The molecule has 4 rings (SSSR count). The SMILES string of the molecule is Cc1cccc(CCC(C)C)c1-c1nc(NS(=O)(=O)c2cccc(C(=O)O)c2)nc(OCC(CC(C)(C)C)NCc2ncc(OC(C)C)cn2)c1C. The van der Waals surface area contributed by atoms with Crippen LogP contribution >= 0.6 is 0 Å². The minimum Gasteiger partial charge on any atom is -0.488 e. The zero-order chi connectivity index (χ0) is 38.2. The van der Waals surface area contributed by atoms with E-state index >= 15 is 0 Å². The molecule has 4 aromatic rings. The predicted molar refractivity (Wildman–Crippen MR) is 202 cm³/mol. The Labute approximate surface area is 307 Å². The maximum atomic E-state index is 13.6. The third-order valence-corrected chi connectivity index (χ3v) is 9.51. The number of aromatic carboxylic acids is 1. The number of ether oxygens (including phenoxy) is 2. The van der Waals surface area contributed by atoms with Crippen LogP contribution in [0.3, 0.4) is 0 Å². The van der Waals surface area contributed by atoms with Gasteiger partial charge in [0.1, 0.15) is 12.4 Å². The summed E-state index contributed by atoms with van der Waals surface area (Å²) < 4.78 is 41.8. The Balaban J connectivity index is 1.72. The van der Waals surface area contributed by atoms with Gasteiger partial charge in [0.2, 0.25) is 11.8 Å². The van der Waals surface area contributed by atoms with Crippen molar-refractivity contribution < 1.29 is 27.8 Å². The van der Waals surface area contributed by atoms with Gasteiger partial charge >= 0.3 is 5.97 Å². The number of anilines is 1. The number of benzene rings is 2. The first-order valence-corrected chi connectivity index (χ1v) is 19.1. The van der Waals surface area contributed by atoms with Gasteiger partial charge in [0.15, 0.2) is 5.75 Å². The summed E-state index contributed by atoms with van der Waals surface area (Å²) in [6.07, 6.45) is 5.85. The molecule has 0 amide bonds. The fourth-order valence-electron chi connectivity index (χ4n) is 5.73. The molecule has 0 radical (unpaired) electrons. The van der Waals surface area contributed by atoms with Gasteiger partial charge in [-0.1, -0.05) is 58.9 Å². The topological polar surface area (TPSA) is 166 Å². The maximum absolute atomic E-state index is 13.6. The number of carbonyl (C=O) groups is 1. The molecule has 13 heteroatoms. The largest absolute Gasteiger partial charge is 0.488 e. The summed E-state index contributed by atoms with van der Waals surface area (Å²) in [7, 11) is -4.27. The number of rotatable bonds is 17. The summed E-state index contributed by atoms with van der Waals surface area (Å²) >= 11 is 0. The second-order valence-electron chi connectivity index (χ2n) is 15.0. The van der Waals surface area contributed by atoms with E-state index in [9.17, 15) is 18.3 Å². The van der Waals surface area contributed by atoms with Crippen LogP contribution in [-0.4, -0.2) is 58.2 Å². The molecule has 1 unspecified atom stereocenters. The van der Waals surface area contributed by atoms with Crippen molar-refractivity contribution in [3.63, 3.8) is 0 Å². The van der Waals surface area contributed by atoms with E-state index in [0.717, 1.165) is 42.0 Å². The van der Waals surface area contributed by atoms with Crippen molar-refractivity contribution in [1.82, 2.24) is 25.3 Å². The molecule has 0 saturated heterocycles. The van der Waals surface area contributed by atoms with Crippen molar-refractivity contribution >= 4 is 21.9 Å². The van der Waals surface area contributed by atoms with Crippen molar-refractivity contribution in [3.8, 4) is 22.9 Å². The first-order chi connectivity index (χ1) is 24.4. The third kappa shape index (κ3) is 11.4. The van der Waals surface area contributed by atoms with E-state index in [4.69, 9.17) is 14.5 Å². The Morgan fingerprint density at radius 2 is 1.67 bits per heavy atom. The molecule has 0 aliphatic heterocycles. The number of aromatic nitrogens is 4. The molecule has 0 aliphatic rings. The van der Waals surface area contributed by atoms with Crippen LogP contribution in [0.2, 0.25) is 0 Å². The second-order valence-corrected chi connectivity index (χ2v) is 16.6. The van der Waals surface area contributed by atoms with Gasteiger partial charge in [-0.2, -0.15) is 4.98 Å². The number of aryl methyl sites for hydroxylation is 2. The molecule has 0 spiro atoms. The minimum absolute atomic E-state index is 0.0167. The van der Waals surface area contributed by atoms with Crippen LogP contribution in [0.25, 0.3) is 11.3 Å². The molecule has 2 heterocycles. The van der Waals surface area contributed by atoms with Gasteiger partial charge in [-0.05, 0) is 87.6 Å². The van der Waals surface area contributed by atoms with Gasteiger partial charge in [0, 0.05) is 17.2 Å². The minimum atomic E-state index is -4.27. The Hall–Kier alpha value is -4.62. The lowest BCUT2D eigenvalue weighted by Crippen LogP contribution is -2.38. The lowest BCUT2D eigenvalue weighted by molar-refractivity contribution is 0.0696. The molecule has 0 saturated carbocycles. The van der Waals surface area contributed by atoms with Crippen LogP contribution in [-0.2, 0) is 23.0 Å². The monoisotopic (exact) mass is 732 g/mol.